The van der Waals surface area contributed by atoms with Crippen LogP contribution >= 0.6 is 11.6 Å². The van der Waals surface area contributed by atoms with Gasteiger partial charge in [-0.05, 0) is 36.8 Å². The van der Waals surface area contributed by atoms with Gasteiger partial charge >= 0.3 is 0 Å². The van der Waals surface area contributed by atoms with Gasteiger partial charge in [0.1, 0.15) is 0 Å². The summed E-state index contributed by atoms with van der Waals surface area (Å²) in [6.07, 6.45) is 2.99. The minimum atomic E-state index is -0.210. The van der Waals surface area contributed by atoms with E-state index in [-0.39, 0.29) is 5.91 Å². The molecule has 0 atom stereocenters. The first-order valence-electron chi connectivity index (χ1n) is 7.78. The number of anilines is 2. The molecule has 126 valence electrons. The smallest absolute Gasteiger partial charge is 0.254 e. The van der Waals surface area contributed by atoms with Gasteiger partial charge in [-0.25, -0.2) is 9.97 Å². The van der Waals surface area contributed by atoms with E-state index in [4.69, 9.17) is 11.6 Å². The number of benzene rings is 2. The maximum absolute atomic E-state index is 12.2. The zero-order chi connectivity index (χ0) is 17.6. The summed E-state index contributed by atoms with van der Waals surface area (Å²) in [4.78, 5) is 20.5. The van der Waals surface area contributed by atoms with Gasteiger partial charge < -0.3 is 10.6 Å². The van der Waals surface area contributed by atoms with Crippen LogP contribution in [0.25, 0.3) is 0 Å². The number of carbonyl (C=O) groups excluding carboxylic acids is 1. The van der Waals surface area contributed by atoms with E-state index in [0.717, 1.165) is 11.3 Å². The SMILES string of the molecule is Cc1ccc(CNC(=O)c2cnc(Nc3ccc(Cl)cc3)nc2)cc1. The maximum Gasteiger partial charge on any atom is 0.254 e. The number of hydrogen-bond donors (Lipinski definition) is 2. The summed E-state index contributed by atoms with van der Waals surface area (Å²) in [6, 6.07) is 15.2. The molecule has 2 aromatic carbocycles. The van der Waals surface area contributed by atoms with Crippen LogP contribution in [-0.2, 0) is 6.54 Å². The molecular weight excluding hydrogens is 336 g/mol. The Balaban J connectivity index is 1.58. The van der Waals surface area contributed by atoms with Crippen LogP contribution in [0.15, 0.2) is 60.9 Å². The Morgan fingerprint density at radius 2 is 1.64 bits per heavy atom. The summed E-state index contributed by atoms with van der Waals surface area (Å²) in [7, 11) is 0. The van der Waals surface area contributed by atoms with E-state index >= 15 is 0 Å². The zero-order valence-corrected chi connectivity index (χ0v) is 14.4. The Labute approximate surface area is 151 Å². The van der Waals surface area contributed by atoms with Gasteiger partial charge in [0.05, 0.1) is 5.56 Å². The molecule has 0 saturated carbocycles. The molecule has 25 heavy (non-hydrogen) atoms. The van der Waals surface area contributed by atoms with Crippen molar-refractivity contribution in [2.24, 2.45) is 0 Å². The number of rotatable bonds is 5. The number of hydrogen-bond acceptors (Lipinski definition) is 4. The summed E-state index contributed by atoms with van der Waals surface area (Å²) in [5.41, 5.74) is 3.46. The van der Waals surface area contributed by atoms with Crippen LogP contribution in [0.2, 0.25) is 5.02 Å². The lowest BCUT2D eigenvalue weighted by Gasteiger charge is -2.07. The van der Waals surface area contributed by atoms with Crippen LogP contribution in [0.1, 0.15) is 21.5 Å². The van der Waals surface area contributed by atoms with Gasteiger partial charge in [-0.2, -0.15) is 0 Å². The molecule has 1 amide bonds. The fourth-order valence-corrected chi connectivity index (χ4v) is 2.29. The van der Waals surface area contributed by atoms with E-state index in [2.05, 4.69) is 20.6 Å². The highest BCUT2D eigenvalue weighted by Crippen LogP contribution is 2.16. The average molecular weight is 353 g/mol. The molecule has 0 aliphatic carbocycles. The second kappa shape index (κ2) is 7.77. The number of aromatic nitrogens is 2. The molecule has 0 aliphatic heterocycles. The molecule has 3 rings (SSSR count). The molecule has 0 saturated heterocycles. The van der Waals surface area contributed by atoms with E-state index in [1.807, 2.05) is 43.3 Å². The van der Waals surface area contributed by atoms with E-state index in [9.17, 15) is 4.79 Å². The van der Waals surface area contributed by atoms with Gasteiger partial charge in [0.2, 0.25) is 5.95 Å². The summed E-state index contributed by atoms with van der Waals surface area (Å²) in [5, 5.41) is 6.56. The Hall–Kier alpha value is -2.92. The van der Waals surface area contributed by atoms with Crippen molar-refractivity contribution in [2.75, 3.05) is 5.32 Å². The van der Waals surface area contributed by atoms with Crippen molar-refractivity contribution in [2.45, 2.75) is 13.5 Å². The number of amides is 1. The second-order valence-electron chi connectivity index (χ2n) is 5.60. The summed E-state index contributed by atoms with van der Waals surface area (Å²) < 4.78 is 0. The summed E-state index contributed by atoms with van der Waals surface area (Å²) >= 11 is 5.85. The molecule has 0 bridgehead atoms. The Morgan fingerprint density at radius 1 is 1.00 bits per heavy atom. The van der Waals surface area contributed by atoms with Crippen LogP contribution in [0.4, 0.5) is 11.6 Å². The number of nitrogens with zero attached hydrogens (tertiary/aromatic N) is 2. The molecule has 0 aliphatic rings. The van der Waals surface area contributed by atoms with Crippen molar-refractivity contribution in [3.05, 3.63) is 82.6 Å². The van der Waals surface area contributed by atoms with Gasteiger partial charge in [-0.3, -0.25) is 4.79 Å². The minimum Gasteiger partial charge on any atom is -0.348 e. The van der Waals surface area contributed by atoms with E-state index < -0.39 is 0 Å². The van der Waals surface area contributed by atoms with Crippen molar-refractivity contribution >= 4 is 29.1 Å². The largest absolute Gasteiger partial charge is 0.348 e. The molecular formula is C19H17ClN4O. The molecule has 0 radical (unpaired) electrons. The third kappa shape index (κ3) is 4.78. The molecule has 0 spiro atoms. The maximum atomic E-state index is 12.2. The molecule has 1 aromatic heterocycles. The monoisotopic (exact) mass is 352 g/mol. The molecule has 0 fully saturated rings. The molecule has 0 unspecified atom stereocenters. The van der Waals surface area contributed by atoms with Crippen LogP contribution in [0, 0.1) is 6.92 Å². The lowest BCUT2D eigenvalue weighted by Crippen LogP contribution is -2.23. The fraction of sp³-hybridized carbons (Fsp3) is 0.105. The highest BCUT2D eigenvalue weighted by molar-refractivity contribution is 6.30. The standard InChI is InChI=1S/C19H17ClN4O/c1-13-2-4-14(5-3-13)10-21-18(25)15-11-22-19(23-12-15)24-17-8-6-16(20)7-9-17/h2-9,11-12H,10H2,1H3,(H,21,25)(H,22,23,24). The highest BCUT2D eigenvalue weighted by Gasteiger charge is 2.07. The summed E-state index contributed by atoms with van der Waals surface area (Å²) in [6.45, 7) is 2.49. The van der Waals surface area contributed by atoms with Crippen molar-refractivity contribution in [3.8, 4) is 0 Å². The van der Waals surface area contributed by atoms with E-state index in [1.54, 1.807) is 12.1 Å². The normalized spacial score (nSPS) is 10.3. The third-order valence-electron chi connectivity index (χ3n) is 3.59. The van der Waals surface area contributed by atoms with Crippen LogP contribution in [0.5, 0.6) is 0 Å². The van der Waals surface area contributed by atoms with Crippen LogP contribution in [0.3, 0.4) is 0 Å². The van der Waals surface area contributed by atoms with Gasteiger partial charge in [0, 0.05) is 29.6 Å². The van der Waals surface area contributed by atoms with Crippen LogP contribution < -0.4 is 10.6 Å². The fourth-order valence-electron chi connectivity index (χ4n) is 2.16. The number of carbonyl (C=O) groups is 1. The first-order valence-corrected chi connectivity index (χ1v) is 8.16. The topological polar surface area (TPSA) is 66.9 Å². The lowest BCUT2D eigenvalue weighted by atomic mass is 10.1. The average Bonchev–Trinajstić information content (AvgIpc) is 2.63. The van der Waals surface area contributed by atoms with Gasteiger partial charge in [0.25, 0.3) is 5.91 Å². The minimum absolute atomic E-state index is 0.210. The lowest BCUT2D eigenvalue weighted by molar-refractivity contribution is 0.0950. The van der Waals surface area contributed by atoms with Crippen molar-refractivity contribution in [3.63, 3.8) is 0 Å². The molecule has 5 nitrogen and oxygen atoms in total. The number of aryl methyl sites for hydroxylation is 1. The first kappa shape index (κ1) is 16.9. The van der Waals surface area contributed by atoms with E-state index in [1.165, 1.54) is 18.0 Å². The van der Waals surface area contributed by atoms with Gasteiger partial charge in [0.15, 0.2) is 0 Å². The van der Waals surface area contributed by atoms with E-state index in [0.29, 0.717) is 23.1 Å². The van der Waals surface area contributed by atoms with Crippen molar-refractivity contribution < 1.29 is 4.79 Å². The summed E-state index contributed by atoms with van der Waals surface area (Å²) in [5.74, 6) is 0.205. The van der Waals surface area contributed by atoms with Gasteiger partial charge in [-0.1, -0.05) is 41.4 Å². The number of halogens is 1. The predicted octanol–water partition coefficient (Wildman–Crippen LogP) is 4.11. The molecule has 2 N–H and O–H groups in total. The molecule has 6 heteroatoms. The third-order valence-corrected chi connectivity index (χ3v) is 3.84. The van der Waals surface area contributed by atoms with Gasteiger partial charge in [-0.15, -0.1) is 0 Å². The first-order chi connectivity index (χ1) is 12.1. The van der Waals surface area contributed by atoms with Crippen molar-refractivity contribution in [1.29, 1.82) is 0 Å². The highest BCUT2D eigenvalue weighted by atomic mass is 35.5. The zero-order valence-electron chi connectivity index (χ0n) is 13.7. The Kier molecular flexibility index (Phi) is 5.26. The second-order valence-corrected chi connectivity index (χ2v) is 6.03. The Morgan fingerprint density at radius 3 is 2.28 bits per heavy atom. The quantitative estimate of drug-likeness (QED) is 0.725. The van der Waals surface area contributed by atoms with Crippen LogP contribution in [-0.4, -0.2) is 15.9 Å². The predicted molar refractivity (Wildman–Crippen MR) is 99.1 cm³/mol. The number of nitrogens with one attached hydrogen (secondary N) is 2. The molecule has 1 heterocycles. The van der Waals surface area contributed by atoms with Crippen molar-refractivity contribution in [1.82, 2.24) is 15.3 Å². The Bertz CT molecular complexity index is 846. The molecule has 3 aromatic rings.